The van der Waals surface area contributed by atoms with Crippen LogP contribution in [0.5, 0.6) is 0 Å². The van der Waals surface area contributed by atoms with Gasteiger partial charge in [0.2, 0.25) is 0 Å². The number of nitrogens with one attached hydrogen (secondary N) is 1. The Labute approximate surface area is 126 Å². The minimum absolute atomic E-state index is 0.216. The average molecular weight is 294 g/mol. The number of nitrogen functional groups attached to an aromatic ring is 1. The Hall–Kier alpha value is -1.33. The van der Waals surface area contributed by atoms with Gasteiger partial charge < -0.3 is 9.15 Å². The molecule has 1 saturated carbocycles. The van der Waals surface area contributed by atoms with Gasteiger partial charge in [0.15, 0.2) is 5.76 Å². The predicted octanol–water partition coefficient (Wildman–Crippen LogP) is 2.86. The second kappa shape index (κ2) is 7.09. The smallest absolute Gasteiger partial charge is 0.300 e. The SMILES string of the molecule is CC1CCC(C(C)C)C(OCc2ccc(C(=O)NN)o2)C1. The molecule has 3 unspecified atom stereocenters. The van der Waals surface area contributed by atoms with Gasteiger partial charge in [-0.15, -0.1) is 0 Å². The summed E-state index contributed by atoms with van der Waals surface area (Å²) in [6, 6.07) is 3.38. The molecular weight excluding hydrogens is 268 g/mol. The van der Waals surface area contributed by atoms with Crippen LogP contribution in [0.1, 0.15) is 56.3 Å². The van der Waals surface area contributed by atoms with Crippen molar-refractivity contribution in [3.8, 4) is 0 Å². The maximum atomic E-state index is 11.3. The molecule has 5 heteroatoms. The van der Waals surface area contributed by atoms with Crippen molar-refractivity contribution in [1.82, 2.24) is 5.43 Å². The fourth-order valence-corrected chi connectivity index (χ4v) is 3.14. The molecule has 3 atom stereocenters. The highest BCUT2D eigenvalue weighted by Crippen LogP contribution is 2.35. The molecule has 1 aliphatic carbocycles. The normalized spacial score (nSPS) is 26.0. The lowest BCUT2D eigenvalue weighted by atomic mass is 9.75. The number of furan rings is 1. The number of rotatable bonds is 5. The Morgan fingerprint density at radius 3 is 2.90 bits per heavy atom. The number of ether oxygens (including phenoxy) is 1. The zero-order valence-corrected chi connectivity index (χ0v) is 13.1. The molecule has 0 radical (unpaired) electrons. The summed E-state index contributed by atoms with van der Waals surface area (Å²) in [4.78, 5) is 11.3. The number of amides is 1. The van der Waals surface area contributed by atoms with Gasteiger partial charge in [-0.2, -0.15) is 0 Å². The molecule has 5 nitrogen and oxygen atoms in total. The van der Waals surface area contributed by atoms with E-state index in [-0.39, 0.29) is 11.9 Å². The summed E-state index contributed by atoms with van der Waals surface area (Å²) in [5.41, 5.74) is 2.05. The van der Waals surface area contributed by atoms with Crippen LogP contribution in [-0.2, 0) is 11.3 Å². The van der Waals surface area contributed by atoms with Crippen molar-refractivity contribution in [2.45, 2.75) is 52.7 Å². The van der Waals surface area contributed by atoms with E-state index in [4.69, 9.17) is 15.0 Å². The molecular formula is C16H26N2O3. The predicted molar refractivity (Wildman–Crippen MR) is 80.3 cm³/mol. The molecule has 1 heterocycles. The van der Waals surface area contributed by atoms with E-state index in [1.165, 1.54) is 12.8 Å². The van der Waals surface area contributed by atoms with Crippen LogP contribution in [0.25, 0.3) is 0 Å². The van der Waals surface area contributed by atoms with Crippen LogP contribution in [0, 0.1) is 17.8 Å². The van der Waals surface area contributed by atoms with Gasteiger partial charge in [-0.25, -0.2) is 5.84 Å². The third-order valence-corrected chi connectivity index (χ3v) is 4.42. The van der Waals surface area contributed by atoms with Crippen molar-refractivity contribution in [2.24, 2.45) is 23.6 Å². The lowest BCUT2D eigenvalue weighted by Gasteiger charge is -2.37. The molecule has 1 aromatic rings. The van der Waals surface area contributed by atoms with E-state index in [2.05, 4.69) is 26.2 Å². The quantitative estimate of drug-likeness (QED) is 0.497. The van der Waals surface area contributed by atoms with Crippen molar-refractivity contribution >= 4 is 5.91 Å². The van der Waals surface area contributed by atoms with Gasteiger partial charge in [-0.3, -0.25) is 10.2 Å². The van der Waals surface area contributed by atoms with Crippen LogP contribution in [-0.4, -0.2) is 12.0 Å². The minimum atomic E-state index is -0.424. The van der Waals surface area contributed by atoms with E-state index in [1.54, 1.807) is 12.1 Å². The molecule has 0 aliphatic heterocycles. The Kier molecular flexibility index (Phi) is 5.42. The van der Waals surface area contributed by atoms with Gasteiger partial charge in [-0.1, -0.05) is 27.2 Å². The van der Waals surface area contributed by atoms with Gasteiger partial charge in [-0.05, 0) is 42.7 Å². The Bertz CT molecular complexity index is 470. The summed E-state index contributed by atoms with van der Waals surface area (Å²) in [5.74, 6) is 7.47. The van der Waals surface area contributed by atoms with E-state index in [0.29, 0.717) is 30.1 Å². The van der Waals surface area contributed by atoms with E-state index in [1.807, 2.05) is 0 Å². The Morgan fingerprint density at radius 1 is 1.48 bits per heavy atom. The number of carbonyl (C=O) groups excluding carboxylic acids is 1. The molecule has 3 N–H and O–H groups in total. The van der Waals surface area contributed by atoms with E-state index in [9.17, 15) is 4.79 Å². The Morgan fingerprint density at radius 2 is 2.24 bits per heavy atom. The van der Waals surface area contributed by atoms with Crippen molar-refractivity contribution in [2.75, 3.05) is 0 Å². The zero-order chi connectivity index (χ0) is 15.4. The van der Waals surface area contributed by atoms with Crippen LogP contribution >= 0.6 is 0 Å². The minimum Gasteiger partial charge on any atom is -0.453 e. The number of carbonyl (C=O) groups is 1. The molecule has 1 fully saturated rings. The first-order valence-electron chi connectivity index (χ1n) is 7.72. The molecule has 2 rings (SSSR count). The summed E-state index contributed by atoms with van der Waals surface area (Å²) >= 11 is 0. The fraction of sp³-hybridized carbons (Fsp3) is 0.688. The number of hydrogen-bond acceptors (Lipinski definition) is 4. The lowest BCUT2D eigenvalue weighted by molar-refractivity contribution is -0.0523. The molecule has 0 saturated heterocycles. The van der Waals surface area contributed by atoms with Crippen molar-refractivity contribution in [1.29, 1.82) is 0 Å². The Balaban J connectivity index is 1.93. The van der Waals surface area contributed by atoms with Gasteiger partial charge >= 0.3 is 5.91 Å². The summed E-state index contributed by atoms with van der Waals surface area (Å²) in [5, 5.41) is 0. The van der Waals surface area contributed by atoms with Crippen LogP contribution < -0.4 is 11.3 Å². The number of nitrogens with two attached hydrogens (primary N) is 1. The number of hydrazine groups is 1. The molecule has 1 aromatic heterocycles. The first-order valence-corrected chi connectivity index (χ1v) is 7.72. The highest BCUT2D eigenvalue weighted by molar-refractivity contribution is 5.90. The monoisotopic (exact) mass is 294 g/mol. The lowest BCUT2D eigenvalue weighted by Crippen LogP contribution is -2.34. The second-order valence-corrected chi connectivity index (χ2v) is 6.41. The first-order chi connectivity index (χ1) is 10.0. The second-order valence-electron chi connectivity index (χ2n) is 6.41. The molecule has 0 spiro atoms. The number of hydrogen-bond donors (Lipinski definition) is 2. The maximum Gasteiger partial charge on any atom is 0.300 e. The molecule has 1 amide bonds. The topological polar surface area (TPSA) is 77.5 Å². The maximum absolute atomic E-state index is 11.3. The van der Waals surface area contributed by atoms with Crippen molar-refractivity contribution in [3.63, 3.8) is 0 Å². The van der Waals surface area contributed by atoms with Gasteiger partial charge in [0.05, 0.1) is 6.10 Å². The van der Waals surface area contributed by atoms with Crippen LogP contribution in [0.2, 0.25) is 0 Å². The average Bonchev–Trinajstić information content (AvgIpc) is 2.93. The van der Waals surface area contributed by atoms with Crippen LogP contribution in [0.3, 0.4) is 0 Å². The largest absolute Gasteiger partial charge is 0.453 e. The summed E-state index contributed by atoms with van der Waals surface area (Å²) in [6.07, 6.45) is 3.87. The fourth-order valence-electron chi connectivity index (χ4n) is 3.14. The van der Waals surface area contributed by atoms with Gasteiger partial charge in [0.25, 0.3) is 0 Å². The summed E-state index contributed by atoms with van der Waals surface area (Å²) in [6.45, 7) is 7.20. The van der Waals surface area contributed by atoms with Gasteiger partial charge in [0, 0.05) is 0 Å². The highest BCUT2D eigenvalue weighted by atomic mass is 16.5. The van der Waals surface area contributed by atoms with E-state index >= 15 is 0 Å². The molecule has 0 bridgehead atoms. The molecule has 0 aromatic carbocycles. The van der Waals surface area contributed by atoms with Crippen LogP contribution in [0.15, 0.2) is 16.5 Å². The van der Waals surface area contributed by atoms with E-state index < -0.39 is 5.91 Å². The molecule has 118 valence electrons. The van der Waals surface area contributed by atoms with Gasteiger partial charge in [0.1, 0.15) is 12.4 Å². The van der Waals surface area contributed by atoms with Crippen molar-refractivity contribution in [3.05, 3.63) is 23.7 Å². The third-order valence-electron chi connectivity index (χ3n) is 4.42. The molecule has 1 aliphatic rings. The highest BCUT2D eigenvalue weighted by Gasteiger charge is 2.31. The standard InChI is InChI=1S/C16H26N2O3/c1-10(2)13-6-4-11(3)8-15(13)20-9-12-5-7-14(21-12)16(19)18-17/h5,7,10-11,13,15H,4,6,8-9,17H2,1-3H3,(H,18,19). The summed E-state index contributed by atoms with van der Waals surface area (Å²) < 4.78 is 11.5. The summed E-state index contributed by atoms with van der Waals surface area (Å²) in [7, 11) is 0. The van der Waals surface area contributed by atoms with E-state index in [0.717, 1.165) is 6.42 Å². The molecule has 21 heavy (non-hydrogen) atoms. The zero-order valence-electron chi connectivity index (χ0n) is 13.1. The first kappa shape index (κ1) is 16.0. The van der Waals surface area contributed by atoms with Crippen molar-refractivity contribution < 1.29 is 13.9 Å². The third kappa shape index (κ3) is 4.08. The van der Waals surface area contributed by atoms with Crippen LogP contribution in [0.4, 0.5) is 0 Å².